The van der Waals surface area contributed by atoms with Crippen molar-refractivity contribution in [2.45, 2.75) is 6.92 Å². The number of aromatic nitrogens is 2. The molecular weight excluding hydrogens is 348 g/mol. The Morgan fingerprint density at radius 3 is 2.48 bits per heavy atom. The average molecular weight is 364 g/mol. The van der Waals surface area contributed by atoms with Gasteiger partial charge in [0.25, 0.3) is 5.52 Å². The first kappa shape index (κ1) is 17.9. The van der Waals surface area contributed by atoms with Gasteiger partial charge >= 0.3 is 5.97 Å². The highest BCUT2D eigenvalue weighted by Crippen LogP contribution is 2.22. The van der Waals surface area contributed by atoms with Gasteiger partial charge in [-0.05, 0) is 30.3 Å². The number of aromatic amines is 1. The van der Waals surface area contributed by atoms with Crippen LogP contribution in [-0.2, 0) is 4.79 Å². The number of hydrogen-bond acceptors (Lipinski definition) is 5. The van der Waals surface area contributed by atoms with Gasteiger partial charge in [-0.3, -0.25) is 9.59 Å². The van der Waals surface area contributed by atoms with Crippen molar-refractivity contribution in [3.05, 3.63) is 82.4 Å². The van der Waals surface area contributed by atoms with Gasteiger partial charge in [0.2, 0.25) is 5.56 Å². The molecule has 0 saturated carbocycles. The van der Waals surface area contributed by atoms with Crippen LogP contribution >= 0.6 is 0 Å². The normalized spacial score (nSPS) is 10.3. The number of benzene rings is 2. The van der Waals surface area contributed by atoms with E-state index in [0.29, 0.717) is 21.5 Å². The maximum Gasteiger partial charge on any atom is 0.308 e. The molecule has 0 fully saturated rings. The van der Waals surface area contributed by atoms with Crippen LogP contribution in [0.4, 0.5) is 0 Å². The third-order valence-corrected chi connectivity index (χ3v) is 3.74. The van der Waals surface area contributed by atoms with Gasteiger partial charge in [0, 0.05) is 24.4 Å². The molecule has 0 atom stereocenters. The number of ether oxygens (including phenoxy) is 1. The topological polar surface area (TPSA) is 106 Å². The molecule has 0 unspecified atom stereocenters. The quantitative estimate of drug-likeness (QED) is 0.234. The zero-order chi connectivity index (χ0) is 19.4. The van der Waals surface area contributed by atoms with Gasteiger partial charge in [0.15, 0.2) is 17.7 Å². The van der Waals surface area contributed by atoms with Gasteiger partial charge in [-0.1, -0.05) is 18.2 Å². The molecule has 0 spiro atoms. The largest absolute Gasteiger partial charge is 0.618 e. The van der Waals surface area contributed by atoms with E-state index in [4.69, 9.17) is 4.74 Å². The Bertz CT molecular complexity index is 1150. The second-order valence-corrected chi connectivity index (χ2v) is 5.69. The van der Waals surface area contributed by atoms with E-state index in [1.165, 1.54) is 25.3 Å². The van der Waals surface area contributed by atoms with E-state index < -0.39 is 5.97 Å². The third-order valence-electron chi connectivity index (χ3n) is 3.74. The number of pyridine rings is 2. The summed E-state index contributed by atoms with van der Waals surface area (Å²) >= 11 is 0. The molecule has 4 rings (SSSR count). The number of fused-ring (bicyclic) bond motifs is 2. The minimum atomic E-state index is -0.410. The summed E-state index contributed by atoms with van der Waals surface area (Å²) in [4.78, 5) is 24.6. The lowest BCUT2D eigenvalue weighted by molar-refractivity contribution is -0.577. The molecule has 4 aromatic rings. The van der Waals surface area contributed by atoms with E-state index in [9.17, 15) is 19.9 Å². The fourth-order valence-corrected chi connectivity index (χ4v) is 2.61. The maximum atomic E-state index is 11.2. The number of aromatic hydroxyl groups is 1. The van der Waals surface area contributed by atoms with Gasteiger partial charge in [-0.25, -0.2) is 0 Å². The van der Waals surface area contributed by atoms with E-state index >= 15 is 0 Å². The number of phenols is 1. The molecule has 2 aromatic carbocycles. The lowest BCUT2D eigenvalue weighted by atomic mass is 10.2. The summed E-state index contributed by atoms with van der Waals surface area (Å²) in [6.07, 6.45) is 1.36. The summed E-state index contributed by atoms with van der Waals surface area (Å²) in [5.74, 6) is -0.0204. The van der Waals surface area contributed by atoms with Gasteiger partial charge in [-0.15, -0.1) is 0 Å². The van der Waals surface area contributed by atoms with Crippen LogP contribution in [0.5, 0.6) is 11.5 Å². The number of carbonyl (C=O) groups excluding carboxylic acids is 1. The Labute approximate surface area is 153 Å². The van der Waals surface area contributed by atoms with Crippen LogP contribution in [0.25, 0.3) is 21.8 Å². The first-order chi connectivity index (χ1) is 13.0. The van der Waals surface area contributed by atoms with Crippen molar-refractivity contribution >= 4 is 27.8 Å². The SMILES string of the molecule is CC(=O)Oc1cccc2ccc(=O)[nH]c12.[O-][n+]1cccc2cccc(O)c21. The van der Waals surface area contributed by atoms with Crippen LogP contribution in [0.3, 0.4) is 0 Å². The summed E-state index contributed by atoms with van der Waals surface area (Å²) in [6, 6.07) is 16.8. The molecule has 7 heteroatoms. The molecule has 2 N–H and O–H groups in total. The zero-order valence-corrected chi connectivity index (χ0v) is 14.4. The Kier molecular flexibility index (Phi) is 5.03. The van der Waals surface area contributed by atoms with E-state index in [2.05, 4.69) is 4.98 Å². The Morgan fingerprint density at radius 1 is 1.04 bits per heavy atom. The van der Waals surface area contributed by atoms with E-state index in [1.54, 1.807) is 42.5 Å². The van der Waals surface area contributed by atoms with Crippen LogP contribution in [0.15, 0.2) is 71.7 Å². The lowest BCUT2D eigenvalue weighted by Crippen LogP contribution is -2.25. The molecule has 0 saturated heterocycles. The summed E-state index contributed by atoms with van der Waals surface area (Å²) in [5.41, 5.74) is 0.641. The molecule has 2 aromatic heterocycles. The first-order valence-corrected chi connectivity index (χ1v) is 8.06. The first-order valence-electron chi connectivity index (χ1n) is 8.06. The van der Waals surface area contributed by atoms with Crippen molar-refractivity contribution in [3.8, 4) is 11.5 Å². The van der Waals surface area contributed by atoms with Crippen LogP contribution in [0.1, 0.15) is 6.92 Å². The second kappa shape index (κ2) is 7.57. The Morgan fingerprint density at radius 2 is 1.74 bits per heavy atom. The van der Waals surface area contributed by atoms with Crippen molar-refractivity contribution in [2.75, 3.05) is 0 Å². The molecule has 0 aliphatic rings. The molecule has 0 radical (unpaired) electrons. The van der Waals surface area contributed by atoms with Gasteiger partial charge in [-0.2, -0.15) is 4.73 Å². The lowest BCUT2D eigenvalue weighted by Gasteiger charge is -2.04. The number of nitrogens with zero attached hydrogens (tertiary/aromatic N) is 1. The number of esters is 1. The molecule has 2 heterocycles. The number of phenolic OH excluding ortho intramolecular Hbond substituents is 1. The predicted molar refractivity (Wildman–Crippen MR) is 100 cm³/mol. The average Bonchev–Trinajstić information content (AvgIpc) is 2.63. The van der Waals surface area contributed by atoms with Gasteiger partial charge in [0.05, 0.1) is 10.9 Å². The molecule has 27 heavy (non-hydrogen) atoms. The minimum Gasteiger partial charge on any atom is -0.618 e. The van der Waals surface area contributed by atoms with Crippen molar-refractivity contribution in [3.63, 3.8) is 0 Å². The molecule has 0 amide bonds. The van der Waals surface area contributed by atoms with Crippen LogP contribution < -0.4 is 15.0 Å². The number of para-hydroxylation sites is 2. The standard InChI is InChI=1S/C11H9NO3.C9H7NO2/c1-7(13)15-9-4-2-3-8-5-6-10(14)12-11(8)9;11-8-5-1-3-7-4-2-6-10(12)9(7)8/h2-6H,1H3,(H,12,14);1-6,11H. The summed E-state index contributed by atoms with van der Waals surface area (Å²) in [7, 11) is 0. The van der Waals surface area contributed by atoms with Crippen LogP contribution in [0, 0.1) is 5.21 Å². The number of rotatable bonds is 1. The van der Waals surface area contributed by atoms with Crippen molar-refractivity contribution in [1.29, 1.82) is 0 Å². The molecule has 0 bridgehead atoms. The van der Waals surface area contributed by atoms with E-state index in [0.717, 1.165) is 10.8 Å². The summed E-state index contributed by atoms with van der Waals surface area (Å²) < 4.78 is 5.63. The summed E-state index contributed by atoms with van der Waals surface area (Å²) in [5, 5.41) is 22.1. The maximum absolute atomic E-state index is 11.2. The number of nitrogens with one attached hydrogen (secondary N) is 1. The van der Waals surface area contributed by atoms with Crippen molar-refractivity contribution in [1.82, 2.24) is 4.98 Å². The highest BCUT2D eigenvalue weighted by molar-refractivity contribution is 5.86. The zero-order valence-electron chi connectivity index (χ0n) is 14.4. The molecule has 136 valence electrons. The Balaban J connectivity index is 0.000000159. The highest BCUT2D eigenvalue weighted by Gasteiger charge is 2.06. The molecular formula is C20H16N2O5. The third kappa shape index (κ3) is 4.04. The molecule has 0 aliphatic heterocycles. The van der Waals surface area contributed by atoms with Gasteiger partial charge < -0.3 is 20.0 Å². The fourth-order valence-electron chi connectivity index (χ4n) is 2.61. The van der Waals surface area contributed by atoms with Gasteiger partial charge in [0.1, 0.15) is 0 Å². The van der Waals surface area contributed by atoms with E-state index in [-0.39, 0.29) is 11.3 Å². The number of hydrogen-bond donors (Lipinski definition) is 2. The molecule has 0 aliphatic carbocycles. The predicted octanol–water partition coefficient (Wildman–Crippen LogP) is 2.63. The fraction of sp³-hybridized carbons (Fsp3) is 0.0500. The number of carbonyl (C=O) groups is 1. The Hall–Kier alpha value is -3.87. The summed E-state index contributed by atoms with van der Waals surface area (Å²) in [6.45, 7) is 1.32. The van der Waals surface area contributed by atoms with Crippen LogP contribution in [0.2, 0.25) is 0 Å². The number of H-pyrrole nitrogens is 1. The van der Waals surface area contributed by atoms with Crippen LogP contribution in [-0.4, -0.2) is 16.1 Å². The smallest absolute Gasteiger partial charge is 0.308 e. The van der Waals surface area contributed by atoms with Crippen molar-refractivity contribution < 1.29 is 19.4 Å². The minimum absolute atomic E-state index is 0.0168. The highest BCUT2D eigenvalue weighted by atomic mass is 16.5. The van der Waals surface area contributed by atoms with Crippen molar-refractivity contribution in [2.24, 2.45) is 0 Å². The molecule has 7 nitrogen and oxygen atoms in total. The van der Waals surface area contributed by atoms with E-state index in [1.807, 2.05) is 6.07 Å². The monoisotopic (exact) mass is 364 g/mol. The second-order valence-electron chi connectivity index (χ2n) is 5.69.